The molecule has 1 aliphatic carbocycles. The summed E-state index contributed by atoms with van der Waals surface area (Å²) in [6.07, 6.45) is 7.11. The zero-order chi connectivity index (χ0) is 19.1. The minimum atomic E-state index is -0.458. The molecule has 6 heteroatoms. The zero-order valence-corrected chi connectivity index (χ0v) is 15.6. The van der Waals surface area contributed by atoms with Crippen molar-refractivity contribution in [2.75, 3.05) is 0 Å². The minimum Gasteiger partial charge on any atom is -0.346 e. The number of halogens is 1. The molecule has 0 radical (unpaired) electrons. The summed E-state index contributed by atoms with van der Waals surface area (Å²) < 4.78 is 14.8. The molecular formula is C22H20FN5. The molecule has 0 atom stereocenters. The van der Waals surface area contributed by atoms with Crippen LogP contribution in [-0.4, -0.2) is 24.9 Å². The quantitative estimate of drug-likeness (QED) is 0.520. The number of hydrogen-bond donors (Lipinski definition) is 1. The molecule has 1 aliphatic rings. The van der Waals surface area contributed by atoms with Gasteiger partial charge in [0.05, 0.1) is 17.1 Å². The van der Waals surface area contributed by atoms with Crippen molar-refractivity contribution in [1.29, 1.82) is 0 Å². The molecule has 1 N–H and O–H groups in total. The average Bonchev–Trinajstić information content (AvgIpc) is 3.50. The van der Waals surface area contributed by atoms with Gasteiger partial charge in [-0.2, -0.15) is 4.39 Å². The zero-order valence-electron chi connectivity index (χ0n) is 15.6. The molecule has 0 saturated heterocycles. The molecule has 4 aromatic rings. The number of aryl methyl sites for hydroxylation is 1. The van der Waals surface area contributed by atoms with Crippen molar-refractivity contribution < 1.29 is 4.39 Å². The summed E-state index contributed by atoms with van der Waals surface area (Å²) in [5, 5.41) is 1.03. The van der Waals surface area contributed by atoms with Crippen molar-refractivity contribution >= 4 is 11.0 Å². The highest BCUT2D eigenvalue weighted by Gasteiger charge is 2.28. The fraction of sp³-hybridized carbons (Fsp3) is 0.273. The van der Waals surface area contributed by atoms with E-state index in [-0.39, 0.29) is 0 Å². The van der Waals surface area contributed by atoms with Gasteiger partial charge in [0.15, 0.2) is 0 Å². The molecule has 0 aliphatic heterocycles. The number of rotatable bonds is 5. The molecule has 1 fully saturated rings. The SMILES string of the molecule is CCc1cccc(-c2ccc(Cc3c[nH]c4ncnc(C5CC5)c34)c(F)n2)n1. The fourth-order valence-electron chi connectivity index (χ4n) is 3.62. The highest BCUT2D eigenvalue weighted by atomic mass is 19.1. The van der Waals surface area contributed by atoms with E-state index < -0.39 is 5.95 Å². The van der Waals surface area contributed by atoms with Gasteiger partial charge in [-0.05, 0) is 43.0 Å². The maximum absolute atomic E-state index is 14.8. The normalized spacial score (nSPS) is 13.9. The second-order valence-corrected chi connectivity index (χ2v) is 7.26. The molecule has 0 aromatic carbocycles. The van der Waals surface area contributed by atoms with Crippen LogP contribution in [0.1, 0.15) is 48.2 Å². The lowest BCUT2D eigenvalue weighted by Crippen LogP contribution is -2.00. The first-order valence-corrected chi connectivity index (χ1v) is 9.65. The van der Waals surface area contributed by atoms with E-state index in [9.17, 15) is 4.39 Å². The first-order valence-electron chi connectivity index (χ1n) is 9.65. The highest BCUT2D eigenvalue weighted by Crippen LogP contribution is 2.42. The van der Waals surface area contributed by atoms with Gasteiger partial charge in [0, 0.05) is 35.2 Å². The van der Waals surface area contributed by atoms with Gasteiger partial charge in [-0.25, -0.2) is 15.0 Å². The third-order valence-electron chi connectivity index (χ3n) is 5.28. The van der Waals surface area contributed by atoms with Crippen LogP contribution >= 0.6 is 0 Å². The van der Waals surface area contributed by atoms with E-state index in [4.69, 9.17) is 0 Å². The molecule has 1 saturated carbocycles. The molecular weight excluding hydrogens is 353 g/mol. The second kappa shape index (κ2) is 6.78. The number of fused-ring (bicyclic) bond motifs is 1. The van der Waals surface area contributed by atoms with Crippen LogP contribution in [0.5, 0.6) is 0 Å². The first-order chi connectivity index (χ1) is 13.7. The molecule has 28 heavy (non-hydrogen) atoms. The number of nitrogens with one attached hydrogen (secondary N) is 1. The highest BCUT2D eigenvalue weighted by molar-refractivity contribution is 5.83. The van der Waals surface area contributed by atoms with E-state index in [1.807, 2.05) is 37.4 Å². The van der Waals surface area contributed by atoms with Gasteiger partial charge in [-0.15, -0.1) is 0 Å². The average molecular weight is 373 g/mol. The summed E-state index contributed by atoms with van der Waals surface area (Å²) in [4.78, 5) is 20.7. The fourth-order valence-corrected chi connectivity index (χ4v) is 3.62. The Hall–Kier alpha value is -3.15. The van der Waals surface area contributed by atoms with Gasteiger partial charge in [-0.3, -0.25) is 4.98 Å². The molecule has 0 bridgehead atoms. The number of pyridine rings is 2. The lowest BCUT2D eigenvalue weighted by Gasteiger charge is -2.07. The van der Waals surface area contributed by atoms with E-state index in [0.29, 0.717) is 29.3 Å². The number of aromatic nitrogens is 5. The van der Waals surface area contributed by atoms with Crippen molar-refractivity contribution in [2.45, 2.75) is 38.5 Å². The third kappa shape index (κ3) is 3.05. The summed E-state index contributed by atoms with van der Waals surface area (Å²) in [6.45, 7) is 2.05. The van der Waals surface area contributed by atoms with Crippen molar-refractivity contribution in [2.24, 2.45) is 0 Å². The standard InChI is InChI=1S/C22H20FN5/c1-2-16-4-3-5-17(27-16)18-9-8-14(21(23)28-18)10-15-11-24-22-19(15)20(13-6-7-13)25-12-26-22/h3-5,8-9,11-13H,2,6-7,10H2,1H3,(H,24,25,26). The number of H-pyrrole nitrogens is 1. The Kier molecular flexibility index (Phi) is 4.11. The van der Waals surface area contributed by atoms with E-state index in [2.05, 4.69) is 24.9 Å². The summed E-state index contributed by atoms with van der Waals surface area (Å²) in [5.74, 6) is 0.0442. The minimum absolute atomic E-state index is 0.453. The van der Waals surface area contributed by atoms with Gasteiger partial charge < -0.3 is 4.98 Å². The number of nitrogens with zero attached hydrogens (tertiary/aromatic N) is 4. The molecule has 4 aromatic heterocycles. The number of hydrogen-bond acceptors (Lipinski definition) is 4. The van der Waals surface area contributed by atoms with Crippen LogP contribution in [0.25, 0.3) is 22.4 Å². The predicted octanol–water partition coefficient (Wildman–Crippen LogP) is 4.58. The second-order valence-electron chi connectivity index (χ2n) is 7.26. The maximum Gasteiger partial charge on any atom is 0.217 e. The Morgan fingerprint density at radius 2 is 1.89 bits per heavy atom. The Morgan fingerprint density at radius 1 is 1.04 bits per heavy atom. The molecule has 0 unspecified atom stereocenters. The van der Waals surface area contributed by atoms with Crippen LogP contribution in [0.4, 0.5) is 4.39 Å². The van der Waals surface area contributed by atoms with Crippen LogP contribution in [-0.2, 0) is 12.8 Å². The summed E-state index contributed by atoms with van der Waals surface area (Å²) in [7, 11) is 0. The maximum atomic E-state index is 14.8. The van der Waals surface area contributed by atoms with Crippen molar-refractivity contribution in [3.8, 4) is 11.4 Å². The van der Waals surface area contributed by atoms with Gasteiger partial charge in [0.2, 0.25) is 5.95 Å². The van der Waals surface area contributed by atoms with E-state index in [1.165, 1.54) is 0 Å². The predicted molar refractivity (Wildman–Crippen MR) is 105 cm³/mol. The number of aromatic amines is 1. The van der Waals surface area contributed by atoms with Crippen molar-refractivity contribution in [3.05, 3.63) is 71.3 Å². The molecule has 140 valence electrons. The van der Waals surface area contributed by atoms with Gasteiger partial charge in [0.1, 0.15) is 12.0 Å². The molecule has 5 nitrogen and oxygen atoms in total. The van der Waals surface area contributed by atoms with Gasteiger partial charge >= 0.3 is 0 Å². The monoisotopic (exact) mass is 373 g/mol. The largest absolute Gasteiger partial charge is 0.346 e. The smallest absolute Gasteiger partial charge is 0.217 e. The Labute approximate surface area is 162 Å². The van der Waals surface area contributed by atoms with Crippen LogP contribution in [0, 0.1) is 5.95 Å². The van der Waals surface area contributed by atoms with E-state index >= 15 is 0 Å². The molecule has 4 heterocycles. The van der Waals surface area contributed by atoms with Gasteiger partial charge in [0.25, 0.3) is 0 Å². The summed E-state index contributed by atoms with van der Waals surface area (Å²) in [5.41, 5.74) is 5.68. The topological polar surface area (TPSA) is 67.3 Å². The molecule has 0 amide bonds. The lowest BCUT2D eigenvalue weighted by molar-refractivity contribution is 0.571. The third-order valence-corrected chi connectivity index (χ3v) is 5.28. The van der Waals surface area contributed by atoms with Crippen molar-refractivity contribution in [3.63, 3.8) is 0 Å². The Morgan fingerprint density at radius 3 is 2.68 bits per heavy atom. The summed E-state index contributed by atoms with van der Waals surface area (Å²) >= 11 is 0. The molecule has 5 rings (SSSR count). The summed E-state index contributed by atoms with van der Waals surface area (Å²) in [6, 6.07) is 9.40. The van der Waals surface area contributed by atoms with E-state index in [0.717, 1.165) is 47.2 Å². The van der Waals surface area contributed by atoms with E-state index in [1.54, 1.807) is 12.4 Å². The first kappa shape index (κ1) is 17.0. The van der Waals surface area contributed by atoms with Crippen LogP contribution in [0.15, 0.2) is 42.9 Å². The van der Waals surface area contributed by atoms with Crippen LogP contribution < -0.4 is 0 Å². The van der Waals surface area contributed by atoms with Crippen molar-refractivity contribution in [1.82, 2.24) is 24.9 Å². The molecule has 0 spiro atoms. The van der Waals surface area contributed by atoms with Crippen LogP contribution in [0.3, 0.4) is 0 Å². The Bertz CT molecular complexity index is 1160. The van der Waals surface area contributed by atoms with Gasteiger partial charge in [-0.1, -0.05) is 19.1 Å². The Balaban J connectivity index is 1.49. The van der Waals surface area contributed by atoms with Crippen LogP contribution in [0.2, 0.25) is 0 Å². The lowest BCUT2D eigenvalue weighted by atomic mass is 10.0.